The van der Waals surface area contributed by atoms with Gasteiger partial charge in [0, 0.05) is 10.9 Å². The summed E-state index contributed by atoms with van der Waals surface area (Å²) in [6, 6.07) is 11.1. The molecule has 3 nitrogen and oxygen atoms in total. The first-order valence-electron chi connectivity index (χ1n) is 4.64. The largest absolute Gasteiger partial charge is 0.740 e. The fourth-order valence-corrected chi connectivity index (χ4v) is 1.90. The lowest BCUT2D eigenvalue weighted by Gasteiger charge is -2.12. The van der Waals surface area contributed by atoms with Crippen LogP contribution in [0.25, 0.3) is 16.8 Å². The molecule has 0 aliphatic carbocycles. The van der Waals surface area contributed by atoms with Gasteiger partial charge in [0.2, 0.25) is 0 Å². The van der Waals surface area contributed by atoms with Crippen LogP contribution in [0.1, 0.15) is 5.56 Å². The Hall–Kier alpha value is -1.65. The van der Waals surface area contributed by atoms with Crippen molar-refractivity contribution in [1.29, 1.82) is 0 Å². The molecule has 16 heavy (non-hydrogen) atoms. The van der Waals surface area contributed by atoms with Crippen molar-refractivity contribution in [3.05, 3.63) is 48.5 Å². The molecular weight excluding hydrogens is 224 g/mol. The topological polar surface area (TPSA) is 49.4 Å². The van der Waals surface area contributed by atoms with Crippen LogP contribution in [0, 0.1) is 0 Å². The number of benzene rings is 2. The Kier molecular flexibility index (Phi) is 3.03. The van der Waals surface area contributed by atoms with E-state index in [0.717, 1.165) is 10.8 Å². The summed E-state index contributed by atoms with van der Waals surface area (Å²) < 4.78 is 26.0. The molecule has 82 valence electrons. The second-order valence-corrected chi connectivity index (χ2v) is 3.77. The van der Waals surface area contributed by atoms with Crippen molar-refractivity contribution in [2.45, 2.75) is 0 Å². The summed E-state index contributed by atoms with van der Waals surface area (Å²) in [5.74, 6) is 0.321. The Morgan fingerprint density at radius 1 is 1.25 bits per heavy atom. The summed E-state index contributed by atoms with van der Waals surface area (Å²) in [5, 5.41) is 1.68. The summed E-state index contributed by atoms with van der Waals surface area (Å²) in [7, 11) is 0. The molecular formula is C12H9O3S-. The highest BCUT2D eigenvalue weighted by atomic mass is 32.2. The summed E-state index contributed by atoms with van der Waals surface area (Å²) in [5.41, 5.74) is 0.655. The van der Waals surface area contributed by atoms with Crippen molar-refractivity contribution in [2.24, 2.45) is 0 Å². The molecule has 0 aliphatic rings. The fourth-order valence-electron chi connectivity index (χ4n) is 1.58. The molecule has 0 aromatic heterocycles. The highest BCUT2D eigenvalue weighted by molar-refractivity contribution is 7.74. The number of rotatable bonds is 3. The van der Waals surface area contributed by atoms with Crippen LogP contribution >= 0.6 is 0 Å². The van der Waals surface area contributed by atoms with E-state index in [0.29, 0.717) is 11.3 Å². The second-order valence-electron chi connectivity index (χ2n) is 3.20. The van der Waals surface area contributed by atoms with E-state index < -0.39 is 11.4 Å². The van der Waals surface area contributed by atoms with E-state index in [4.69, 9.17) is 4.18 Å². The molecule has 0 heterocycles. The standard InChI is InChI=1S/C12H10O3S/c1-2-9-7-8-10-5-3-4-6-11(10)12(9)15-16(13)14/h2-8H,1H2,(H,13,14)/p-1. The van der Waals surface area contributed by atoms with E-state index >= 15 is 0 Å². The lowest BCUT2D eigenvalue weighted by Crippen LogP contribution is -2.00. The molecule has 2 aromatic carbocycles. The van der Waals surface area contributed by atoms with Crippen molar-refractivity contribution in [3.63, 3.8) is 0 Å². The van der Waals surface area contributed by atoms with Crippen molar-refractivity contribution >= 4 is 28.2 Å². The van der Waals surface area contributed by atoms with Gasteiger partial charge in [0.25, 0.3) is 0 Å². The van der Waals surface area contributed by atoms with Crippen LogP contribution in [0.2, 0.25) is 0 Å². The molecule has 0 saturated heterocycles. The molecule has 0 fully saturated rings. The lowest BCUT2D eigenvalue weighted by molar-refractivity contribution is 0.442. The van der Waals surface area contributed by atoms with Crippen LogP contribution in [-0.4, -0.2) is 8.76 Å². The third kappa shape index (κ3) is 1.98. The SMILES string of the molecule is C=Cc1ccc2ccccc2c1OS(=O)[O-]. The van der Waals surface area contributed by atoms with Crippen LogP contribution in [0.4, 0.5) is 0 Å². The van der Waals surface area contributed by atoms with Gasteiger partial charge in [-0.25, -0.2) is 4.21 Å². The molecule has 2 rings (SSSR count). The second kappa shape index (κ2) is 4.47. The molecule has 2 aromatic rings. The van der Waals surface area contributed by atoms with Gasteiger partial charge in [-0.3, -0.25) is 0 Å². The van der Waals surface area contributed by atoms with Gasteiger partial charge in [0.1, 0.15) is 11.4 Å². The first-order valence-corrected chi connectivity index (χ1v) is 5.64. The molecule has 0 saturated carbocycles. The molecule has 0 spiro atoms. The van der Waals surface area contributed by atoms with Gasteiger partial charge in [-0.05, 0) is 5.39 Å². The molecule has 0 radical (unpaired) electrons. The summed E-state index contributed by atoms with van der Waals surface area (Å²) >= 11 is -2.58. The Balaban J connectivity index is 2.72. The van der Waals surface area contributed by atoms with Gasteiger partial charge in [0.15, 0.2) is 5.75 Å². The van der Waals surface area contributed by atoms with E-state index in [1.807, 2.05) is 30.3 Å². The predicted octanol–water partition coefficient (Wildman–Crippen LogP) is 2.66. The average Bonchev–Trinajstić information content (AvgIpc) is 2.29. The van der Waals surface area contributed by atoms with Crippen LogP contribution in [-0.2, 0) is 11.4 Å². The van der Waals surface area contributed by atoms with Gasteiger partial charge in [0.05, 0.1) is 0 Å². The third-order valence-corrected chi connectivity index (χ3v) is 2.58. The van der Waals surface area contributed by atoms with Gasteiger partial charge in [-0.2, -0.15) is 0 Å². The van der Waals surface area contributed by atoms with E-state index in [-0.39, 0.29) is 0 Å². The Morgan fingerprint density at radius 2 is 2.00 bits per heavy atom. The first-order chi connectivity index (χ1) is 7.72. The number of hydrogen-bond donors (Lipinski definition) is 0. The zero-order valence-electron chi connectivity index (χ0n) is 8.38. The maximum absolute atomic E-state index is 10.6. The zero-order valence-corrected chi connectivity index (χ0v) is 9.20. The monoisotopic (exact) mass is 233 g/mol. The van der Waals surface area contributed by atoms with Gasteiger partial charge < -0.3 is 8.74 Å². The zero-order chi connectivity index (χ0) is 11.5. The van der Waals surface area contributed by atoms with Crippen LogP contribution in [0.3, 0.4) is 0 Å². The van der Waals surface area contributed by atoms with Gasteiger partial charge in [-0.15, -0.1) is 0 Å². The average molecular weight is 233 g/mol. The highest BCUT2D eigenvalue weighted by Gasteiger charge is 2.06. The van der Waals surface area contributed by atoms with Crippen LogP contribution < -0.4 is 4.18 Å². The van der Waals surface area contributed by atoms with Crippen LogP contribution in [0.5, 0.6) is 5.75 Å². The summed E-state index contributed by atoms with van der Waals surface area (Å²) in [6.45, 7) is 3.62. The molecule has 0 amide bonds. The quantitative estimate of drug-likeness (QED) is 0.766. The minimum absolute atomic E-state index is 0.321. The molecule has 0 N–H and O–H groups in total. The molecule has 0 aliphatic heterocycles. The smallest absolute Gasteiger partial charge is 0.154 e. The highest BCUT2D eigenvalue weighted by Crippen LogP contribution is 2.30. The Morgan fingerprint density at radius 3 is 2.69 bits per heavy atom. The van der Waals surface area contributed by atoms with Crippen molar-refractivity contribution in [2.75, 3.05) is 0 Å². The normalized spacial score (nSPS) is 12.3. The molecule has 1 unspecified atom stereocenters. The van der Waals surface area contributed by atoms with E-state index in [2.05, 4.69) is 6.58 Å². The van der Waals surface area contributed by atoms with Crippen molar-refractivity contribution in [3.8, 4) is 5.75 Å². The maximum atomic E-state index is 10.6. The maximum Gasteiger partial charge on any atom is 0.154 e. The molecule has 1 atom stereocenters. The molecule has 0 bridgehead atoms. The van der Waals surface area contributed by atoms with Crippen molar-refractivity contribution < 1.29 is 12.9 Å². The van der Waals surface area contributed by atoms with Gasteiger partial charge >= 0.3 is 0 Å². The van der Waals surface area contributed by atoms with E-state index in [1.54, 1.807) is 12.1 Å². The Labute approximate surface area is 95.9 Å². The number of hydrogen-bond acceptors (Lipinski definition) is 3. The predicted molar refractivity (Wildman–Crippen MR) is 63.6 cm³/mol. The Bertz CT molecular complexity index is 563. The fraction of sp³-hybridized carbons (Fsp3) is 0. The number of fused-ring (bicyclic) bond motifs is 1. The molecule has 4 heteroatoms. The minimum atomic E-state index is -2.58. The van der Waals surface area contributed by atoms with Crippen molar-refractivity contribution in [1.82, 2.24) is 0 Å². The summed E-state index contributed by atoms with van der Waals surface area (Å²) in [4.78, 5) is 0. The first kappa shape index (κ1) is 10.9. The van der Waals surface area contributed by atoms with E-state index in [9.17, 15) is 8.76 Å². The van der Waals surface area contributed by atoms with E-state index in [1.165, 1.54) is 0 Å². The third-order valence-electron chi connectivity index (χ3n) is 2.28. The van der Waals surface area contributed by atoms with Gasteiger partial charge in [-0.1, -0.05) is 49.1 Å². The summed E-state index contributed by atoms with van der Waals surface area (Å²) in [6.07, 6.45) is 1.56. The van der Waals surface area contributed by atoms with Crippen LogP contribution in [0.15, 0.2) is 43.0 Å². The minimum Gasteiger partial charge on any atom is -0.740 e. The lowest BCUT2D eigenvalue weighted by atomic mass is 10.1.